The van der Waals surface area contributed by atoms with Gasteiger partial charge in [-0.05, 0) is 22.6 Å². The minimum Gasteiger partial charge on any atom is -0.352 e. The highest BCUT2D eigenvalue weighted by atomic mass is 32.1. The van der Waals surface area contributed by atoms with Crippen LogP contribution in [-0.4, -0.2) is 25.7 Å². The second-order valence-corrected chi connectivity index (χ2v) is 7.66. The molecule has 0 aliphatic heterocycles. The maximum absolute atomic E-state index is 12.2. The minimum absolute atomic E-state index is 0.0242. The molecular weight excluding hydrogens is 378 g/mol. The number of amides is 1. The van der Waals surface area contributed by atoms with Gasteiger partial charge in [0.2, 0.25) is 5.91 Å². The molecule has 0 radical (unpaired) electrons. The molecule has 0 bridgehead atoms. The lowest BCUT2D eigenvalue weighted by molar-refractivity contribution is -0.120. The summed E-state index contributed by atoms with van der Waals surface area (Å²) in [6, 6.07) is 10.2. The number of carbonyl (C=O) groups excluding carboxylic acids is 1. The van der Waals surface area contributed by atoms with Crippen LogP contribution in [0.1, 0.15) is 16.8 Å². The molecule has 0 saturated heterocycles. The number of hydrogen-bond donors (Lipinski definition) is 1. The molecule has 27 heavy (non-hydrogen) atoms. The third-order valence-corrected chi connectivity index (χ3v) is 5.61. The third kappa shape index (κ3) is 4.66. The molecular formula is C19H17N5OS2. The van der Waals surface area contributed by atoms with Gasteiger partial charge in [0.25, 0.3) is 0 Å². The Morgan fingerprint density at radius 1 is 1.11 bits per heavy atom. The molecule has 8 heteroatoms. The normalized spacial score (nSPS) is 10.8. The quantitative estimate of drug-likeness (QED) is 0.521. The molecule has 4 aromatic rings. The largest absolute Gasteiger partial charge is 0.352 e. The molecule has 3 aromatic heterocycles. The van der Waals surface area contributed by atoms with E-state index in [0.717, 1.165) is 27.4 Å². The first kappa shape index (κ1) is 17.6. The van der Waals surface area contributed by atoms with Gasteiger partial charge in [-0.1, -0.05) is 24.3 Å². The van der Waals surface area contributed by atoms with Gasteiger partial charge in [0, 0.05) is 22.9 Å². The lowest BCUT2D eigenvalue weighted by atomic mass is 10.1. The summed E-state index contributed by atoms with van der Waals surface area (Å²) in [6.45, 7) is 1.19. The Kier molecular flexibility index (Phi) is 5.36. The highest BCUT2D eigenvalue weighted by Crippen LogP contribution is 2.25. The van der Waals surface area contributed by atoms with Crippen molar-refractivity contribution in [2.24, 2.45) is 0 Å². The summed E-state index contributed by atoms with van der Waals surface area (Å²) in [7, 11) is 0. The van der Waals surface area contributed by atoms with E-state index >= 15 is 0 Å². The van der Waals surface area contributed by atoms with Gasteiger partial charge in [0.05, 0.1) is 18.7 Å². The van der Waals surface area contributed by atoms with E-state index in [2.05, 4.69) is 25.8 Å². The second-order valence-electron chi connectivity index (χ2n) is 6.02. The van der Waals surface area contributed by atoms with E-state index in [1.165, 1.54) is 6.33 Å². The first-order valence-corrected chi connectivity index (χ1v) is 10.2. The van der Waals surface area contributed by atoms with Crippen LogP contribution in [0.15, 0.2) is 59.1 Å². The topological polar surface area (TPSA) is 72.7 Å². The fourth-order valence-corrected chi connectivity index (χ4v) is 4.13. The van der Waals surface area contributed by atoms with Crippen LogP contribution in [0.5, 0.6) is 0 Å². The summed E-state index contributed by atoms with van der Waals surface area (Å²) in [6.07, 6.45) is 3.51. The van der Waals surface area contributed by atoms with Crippen LogP contribution in [0.4, 0.5) is 0 Å². The third-order valence-electron chi connectivity index (χ3n) is 3.99. The summed E-state index contributed by atoms with van der Waals surface area (Å²) in [5.41, 5.74) is 4.12. The molecule has 1 N–H and O–H groups in total. The summed E-state index contributed by atoms with van der Waals surface area (Å²) >= 11 is 3.22. The number of thiophene rings is 1. The molecule has 0 aliphatic carbocycles. The fraction of sp³-hybridized carbons (Fsp3) is 0.158. The van der Waals surface area contributed by atoms with Crippen molar-refractivity contribution < 1.29 is 4.79 Å². The number of carbonyl (C=O) groups is 1. The van der Waals surface area contributed by atoms with Crippen molar-refractivity contribution in [1.82, 2.24) is 25.1 Å². The number of thiazole rings is 1. The van der Waals surface area contributed by atoms with E-state index in [0.29, 0.717) is 19.5 Å². The molecule has 0 fully saturated rings. The Bertz CT molecular complexity index is 991. The average Bonchev–Trinajstić information content (AvgIpc) is 3.43. The molecule has 1 aromatic carbocycles. The van der Waals surface area contributed by atoms with Crippen molar-refractivity contribution in [3.05, 3.63) is 75.9 Å². The van der Waals surface area contributed by atoms with Crippen LogP contribution in [-0.2, 0) is 24.3 Å². The predicted octanol–water partition coefficient (Wildman–Crippen LogP) is 3.37. The number of aromatic nitrogens is 4. The van der Waals surface area contributed by atoms with Gasteiger partial charge in [-0.3, -0.25) is 4.79 Å². The van der Waals surface area contributed by atoms with E-state index in [1.807, 2.05) is 41.1 Å². The van der Waals surface area contributed by atoms with Gasteiger partial charge in [0.1, 0.15) is 17.7 Å². The Morgan fingerprint density at radius 2 is 1.96 bits per heavy atom. The lowest BCUT2D eigenvalue weighted by Crippen LogP contribution is -2.24. The highest BCUT2D eigenvalue weighted by Gasteiger charge is 2.09. The van der Waals surface area contributed by atoms with Crippen molar-refractivity contribution in [3.63, 3.8) is 0 Å². The number of nitrogens with zero attached hydrogens (tertiary/aromatic N) is 4. The summed E-state index contributed by atoms with van der Waals surface area (Å²) < 4.78 is 1.77. The van der Waals surface area contributed by atoms with E-state index in [-0.39, 0.29) is 5.91 Å². The van der Waals surface area contributed by atoms with E-state index in [9.17, 15) is 4.79 Å². The van der Waals surface area contributed by atoms with Crippen LogP contribution >= 0.6 is 22.7 Å². The fourth-order valence-electron chi connectivity index (χ4n) is 2.60. The molecule has 0 saturated carbocycles. The van der Waals surface area contributed by atoms with Crippen molar-refractivity contribution in [2.75, 3.05) is 0 Å². The van der Waals surface area contributed by atoms with Gasteiger partial charge in [-0.2, -0.15) is 16.4 Å². The van der Waals surface area contributed by atoms with Gasteiger partial charge < -0.3 is 5.32 Å². The van der Waals surface area contributed by atoms with Gasteiger partial charge >= 0.3 is 0 Å². The number of nitrogens with one attached hydrogen (secondary N) is 1. The Labute approximate surface area is 164 Å². The molecule has 0 spiro atoms. The summed E-state index contributed by atoms with van der Waals surface area (Å²) in [5, 5.41) is 14.1. The lowest BCUT2D eigenvalue weighted by Gasteiger charge is -2.06. The Balaban J connectivity index is 1.28. The summed E-state index contributed by atoms with van der Waals surface area (Å²) in [4.78, 5) is 20.7. The average molecular weight is 396 g/mol. The smallest absolute Gasteiger partial charge is 0.226 e. The van der Waals surface area contributed by atoms with E-state index in [1.54, 1.807) is 33.7 Å². The number of benzene rings is 1. The van der Waals surface area contributed by atoms with Gasteiger partial charge in [0.15, 0.2) is 0 Å². The van der Waals surface area contributed by atoms with Crippen LogP contribution in [0, 0.1) is 0 Å². The van der Waals surface area contributed by atoms with Crippen LogP contribution in [0.3, 0.4) is 0 Å². The van der Waals surface area contributed by atoms with Crippen molar-refractivity contribution in [1.29, 1.82) is 0 Å². The highest BCUT2D eigenvalue weighted by molar-refractivity contribution is 7.14. The van der Waals surface area contributed by atoms with Crippen LogP contribution in [0.2, 0.25) is 0 Å². The van der Waals surface area contributed by atoms with Gasteiger partial charge in [-0.25, -0.2) is 14.6 Å². The van der Waals surface area contributed by atoms with E-state index < -0.39 is 0 Å². The minimum atomic E-state index is -0.0242. The zero-order chi connectivity index (χ0) is 18.5. The van der Waals surface area contributed by atoms with Crippen LogP contribution < -0.4 is 5.32 Å². The van der Waals surface area contributed by atoms with Gasteiger partial charge in [-0.15, -0.1) is 11.3 Å². The molecule has 4 rings (SSSR count). The first-order valence-electron chi connectivity index (χ1n) is 8.40. The standard InChI is InChI=1S/C19H17N5OS2/c25-18(7-17-11-27-19(23-17)16-5-6-26-10-16)21-8-14-1-3-15(4-2-14)9-24-13-20-12-22-24/h1-6,10-13H,7-9H2,(H,21,25). The van der Waals surface area contributed by atoms with Crippen molar-refractivity contribution in [2.45, 2.75) is 19.5 Å². The Morgan fingerprint density at radius 3 is 2.70 bits per heavy atom. The maximum atomic E-state index is 12.2. The maximum Gasteiger partial charge on any atom is 0.226 e. The zero-order valence-corrected chi connectivity index (χ0v) is 16.0. The monoisotopic (exact) mass is 395 g/mol. The Hall–Kier alpha value is -2.84. The SMILES string of the molecule is O=C(Cc1csc(-c2ccsc2)n1)NCc1ccc(Cn2cncn2)cc1. The predicted molar refractivity (Wildman–Crippen MR) is 107 cm³/mol. The van der Waals surface area contributed by atoms with E-state index in [4.69, 9.17) is 0 Å². The van der Waals surface area contributed by atoms with Crippen molar-refractivity contribution >= 4 is 28.6 Å². The van der Waals surface area contributed by atoms with Crippen molar-refractivity contribution in [3.8, 4) is 10.6 Å². The molecule has 0 atom stereocenters. The molecule has 3 heterocycles. The molecule has 6 nitrogen and oxygen atoms in total. The summed E-state index contributed by atoms with van der Waals surface area (Å²) in [5.74, 6) is -0.0242. The molecule has 0 aliphatic rings. The second kappa shape index (κ2) is 8.24. The number of hydrogen-bond acceptors (Lipinski definition) is 6. The molecule has 1 amide bonds. The molecule has 0 unspecified atom stereocenters. The zero-order valence-electron chi connectivity index (χ0n) is 14.4. The number of rotatable bonds is 7. The molecule has 136 valence electrons. The van der Waals surface area contributed by atoms with Crippen LogP contribution in [0.25, 0.3) is 10.6 Å². The first-order chi connectivity index (χ1) is 13.3.